The molecule has 1 aliphatic heterocycles. The molecule has 18 heavy (non-hydrogen) atoms. The SMILES string of the molecule is CC(C)(C)OC(=O)N1CCC[C@@H]([C@@H](O)CCO)C1. The molecule has 1 heterocycles. The summed E-state index contributed by atoms with van der Waals surface area (Å²) in [4.78, 5) is 13.6. The lowest BCUT2D eigenvalue weighted by Gasteiger charge is -2.35. The van der Waals surface area contributed by atoms with Crippen molar-refractivity contribution < 1.29 is 19.7 Å². The summed E-state index contributed by atoms with van der Waals surface area (Å²) in [5, 5.41) is 18.7. The molecule has 0 aromatic carbocycles. The van der Waals surface area contributed by atoms with E-state index in [1.807, 2.05) is 20.8 Å². The minimum absolute atomic E-state index is 0.0237. The number of amides is 1. The van der Waals surface area contributed by atoms with Gasteiger partial charge in [0.2, 0.25) is 0 Å². The van der Waals surface area contributed by atoms with Gasteiger partial charge >= 0.3 is 6.09 Å². The summed E-state index contributed by atoms with van der Waals surface area (Å²) >= 11 is 0. The minimum atomic E-state index is -0.541. The lowest BCUT2D eigenvalue weighted by atomic mass is 9.91. The Morgan fingerprint density at radius 3 is 2.72 bits per heavy atom. The fraction of sp³-hybridized carbons (Fsp3) is 0.923. The average molecular weight is 259 g/mol. The summed E-state index contributed by atoms with van der Waals surface area (Å²) in [5.74, 6) is 0.0402. The molecule has 106 valence electrons. The van der Waals surface area contributed by atoms with E-state index in [4.69, 9.17) is 9.84 Å². The number of piperidine rings is 1. The third kappa shape index (κ3) is 4.82. The largest absolute Gasteiger partial charge is 0.444 e. The molecule has 5 nitrogen and oxygen atoms in total. The molecule has 1 amide bonds. The number of ether oxygens (including phenoxy) is 1. The number of rotatable bonds is 3. The van der Waals surface area contributed by atoms with Gasteiger partial charge in [0.05, 0.1) is 6.10 Å². The number of carbonyl (C=O) groups excluding carboxylic acids is 1. The van der Waals surface area contributed by atoms with E-state index in [0.717, 1.165) is 12.8 Å². The van der Waals surface area contributed by atoms with Crippen LogP contribution in [0.2, 0.25) is 0 Å². The molecule has 0 unspecified atom stereocenters. The maximum absolute atomic E-state index is 11.9. The number of aliphatic hydroxyl groups excluding tert-OH is 2. The Kier molecular flexibility index (Phi) is 5.41. The highest BCUT2D eigenvalue weighted by Gasteiger charge is 2.30. The van der Waals surface area contributed by atoms with Gasteiger partial charge in [-0.1, -0.05) is 0 Å². The lowest BCUT2D eigenvalue weighted by Crippen LogP contribution is -2.45. The summed E-state index contributed by atoms with van der Waals surface area (Å²) in [6, 6.07) is 0. The van der Waals surface area contributed by atoms with Crippen LogP contribution in [0.5, 0.6) is 0 Å². The first-order valence-corrected chi connectivity index (χ1v) is 6.60. The zero-order valence-corrected chi connectivity index (χ0v) is 11.6. The second-order valence-electron chi connectivity index (χ2n) is 5.91. The Labute approximate surface area is 109 Å². The summed E-state index contributed by atoms with van der Waals surface area (Å²) in [6.45, 7) is 6.68. The van der Waals surface area contributed by atoms with Crippen LogP contribution in [0.25, 0.3) is 0 Å². The van der Waals surface area contributed by atoms with Crippen molar-refractivity contribution in [1.82, 2.24) is 4.90 Å². The zero-order chi connectivity index (χ0) is 13.8. The molecular formula is C13H25NO4. The minimum Gasteiger partial charge on any atom is -0.444 e. The van der Waals surface area contributed by atoms with E-state index in [1.165, 1.54) is 0 Å². The van der Waals surface area contributed by atoms with Crippen molar-refractivity contribution in [1.29, 1.82) is 0 Å². The number of carbonyl (C=O) groups is 1. The van der Waals surface area contributed by atoms with Gasteiger partial charge in [0, 0.05) is 25.6 Å². The number of nitrogens with zero attached hydrogens (tertiary/aromatic N) is 1. The Morgan fingerprint density at radius 1 is 1.50 bits per heavy atom. The monoisotopic (exact) mass is 259 g/mol. The van der Waals surface area contributed by atoms with E-state index in [1.54, 1.807) is 4.90 Å². The number of likely N-dealkylation sites (tertiary alicyclic amines) is 1. The predicted octanol–water partition coefficient (Wildman–Crippen LogP) is 1.38. The maximum atomic E-state index is 11.9. The molecule has 0 aromatic rings. The highest BCUT2D eigenvalue weighted by molar-refractivity contribution is 5.68. The quantitative estimate of drug-likeness (QED) is 0.803. The van der Waals surface area contributed by atoms with Gasteiger partial charge in [-0.15, -0.1) is 0 Å². The average Bonchev–Trinajstić information content (AvgIpc) is 2.27. The van der Waals surface area contributed by atoms with Crippen LogP contribution >= 0.6 is 0 Å². The summed E-state index contributed by atoms with van der Waals surface area (Å²) in [5.41, 5.74) is -0.492. The van der Waals surface area contributed by atoms with Crippen LogP contribution in [-0.2, 0) is 4.74 Å². The smallest absolute Gasteiger partial charge is 0.410 e. The number of aliphatic hydroxyl groups is 2. The van der Waals surface area contributed by atoms with Crippen LogP contribution in [0, 0.1) is 5.92 Å². The molecule has 0 saturated carbocycles. The van der Waals surface area contributed by atoms with E-state index in [2.05, 4.69) is 0 Å². The van der Waals surface area contributed by atoms with Crippen LogP contribution in [0.4, 0.5) is 4.79 Å². The molecule has 0 bridgehead atoms. The normalized spacial score (nSPS) is 22.7. The fourth-order valence-electron chi connectivity index (χ4n) is 2.18. The van der Waals surface area contributed by atoms with Crippen molar-refractivity contribution in [3.63, 3.8) is 0 Å². The Hall–Kier alpha value is -0.810. The van der Waals surface area contributed by atoms with Crippen molar-refractivity contribution in [2.75, 3.05) is 19.7 Å². The second kappa shape index (κ2) is 6.38. The van der Waals surface area contributed by atoms with Crippen molar-refractivity contribution in [3.8, 4) is 0 Å². The summed E-state index contributed by atoms with van der Waals surface area (Å²) in [7, 11) is 0. The summed E-state index contributed by atoms with van der Waals surface area (Å²) in [6.07, 6.45) is 1.27. The van der Waals surface area contributed by atoms with Gasteiger partial charge in [0.1, 0.15) is 5.60 Å². The highest BCUT2D eigenvalue weighted by Crippen LogP contribution is 2.23. The van der Waals surface area contributed by atoms with Crippen LogP contribution in [0.1, 0.15) is 40.0 Å². The van der Waals surface area contributed by atoms with E-state index < -0.39 is 11.7 Å². The molecule has 1 aliphatic rings. The number of hydrogen-bond acceptors (Lipinski definition) is 4. The maximum Gasteiger partial charge on any atom is 0.410 e. The van der Waals surface area contributed by atoms with Gasteiger partial charge in [0.15, 0.2) is 0 Å². The van der Waals surface area contributed by atoms with Gasteiger partial charge in [-0.05, 0) is 40.0 Å². The molecule has 0 aromatic heterocycles. The topological polar surface area (TPSA) is 70.0 Å². The molecule has 0 spiro atoms. The third-order valence-electron chi connectivity index (χ3n) is 3.08. The highest BCUT2D eigenvalue weighted by atomic mass is 16.6. The molecular weight excluding hydrogens is 234 g/mol. The summed E-state index contributed by atoms with van der Waals surface area (Å²) < 4.78 is 5.32. The predicted molar refractivity (Wildman–Crippen MR) is 68.2 cm³/mol. The second-order valence-corrected chi connectivity index (χ2v) is 5.91. The van der Waals surface area contributed by atoms with Gasteiger partial charge < -0.3 is 19.8 Å². The van der Waals surface area contributed by atoms with E-state index >= 15 is 0 Å². The molecule has 1 saturated heterocycles. The van der Waals surface area contributed by atoms with Crippen LogP contribution in [0.15, 0.2) is 0 Å². The van der Waals surface area contributed by atoms with Gasteiger partial charge in [-0.25, -0.2) is 4.79 Å². The Balaban J connectivity index is 2.50. The van der Waals surface area contributed by atoms with E-state index in [9.17, 15) is 9.90 Å². The van der Waals surface area contributed by atoms with Crippen molar-refractivity contribution >= 4 is 6.09 Å². The molecule has 2 atom stereocenters. The molecule has 0 aliphatic carbocycles. The van der Waals surface area contributed by atoms with Gasteiger partial charge in [-0.2, -0.15) is 0 Å². The molecule has 5 heteroatoms. The van der Waals surface area contributed by atoms with E-state index in [0.29, 0.717) is 19.5 Å². The Morgan fingerprint density at radius 2 is 2.17 bits per heavy atom. The first-order chi connectivity index (χ1) is 8.33. The fourth-order valence-corrected chi connectivity index (χ4v) is 2.18. The molecule has 0 radical (unpaired) electrons. The molecule has 1 fully saturated rings. The standard InChI is InChI=1S/C13H25NO4/c1-13(2,3)18-12(17)14-7-4-5-10(9-14)11(16)6-8-15/h10-11,15-16H,4-9H2,1-3H3/t10-,11+/m1/s1. The van der Waals surface area contributed by atoms with Gasteiger partial charge in [0.25, 0.3) is 0 Å². The number of hydrogen-bond donors (Lipinski definition) is 2. The van der Waals surface area contributed by atoms with Crippen molar-refractivity contribution in [2.24, 2.45) is 5.92 Å². The molecule has 2 N–H and O–H groups in total. The van der Waals surface area contributed by atoms with Crippen molar-refractivity contribution in [3.05, 3.63) is 0 Å². The molecule has 1 rings (SSSR count). The first kappa shape index (κ1) is 15.2. The first-order valence-electron chi connectivity index (χ1n) is 6.60. The van der Waals surface area contributed by atoms with Gasteiger partial charge in [-0.3, -0.25) is 0 Å². The Bertz CT molecular complexity index is 275. The third-order valence-corrected chi connectivity index (χ3v) is 3.08. The van der Waals surface area contributed by atoms with Crippen LogP contribution < -0.4 is 0 Å². The van der Waals surface area contributed by atoms with Crippen LogP contribution in [-0.4, -0.2) is 52.6 Å². The van der Waals surface area contributed by atoms with E-state index in [-0.39, 0.29) is 18.6 Å². The zero-order valence-electron chi connectivity index (χ0n) is 11.6. The lowest BCUT2D eigenvalue weighted by molar-refractivity contribution is -0.000884. The van der Waals surface area contributed by atoms with Crippen molar-refractivity contribution in [2.45, 2.75) is 51.7 Å². The van der Waals surface area contributed by atoms with Crippen LogP contribution in [0.3, 0.4) is 0 Å².